The average molecular weight is 107 g/mol. The van der Waals surface area contributed by atoms with E-state index in [0.29, 0.717) is 5.75 Å². The highest BCUT2D eigenvalue weighted by Crippen LogP contribution is 2.01. The third-order valence-corrected chi connectivity index (χ3v) is 0.760. The van der Waals surface area contributed by atoms with Crippen LogP contribution >= 0.6 is 0 Å². The average Bonchev–Trinajstić information content (AvgIpc) is 1.90. The van der Waals surface area contributed by atoms with E-state index >= 15 is 0 Å². The first-order valence-electron chi connectivity index (χ1n) is 2.22. The smallest absolute Gasteiger partial charge is 0.146 e. The molecule has 0 saturated carbocycles. The number of aromatic nitrogens is 1. The molecule has 0 bridgehead atoms. The van der Waals surface area contributed by atoms with E-state index in [-0.39, 0.29) is 0 Å². The third-order valence-electron chi connectivity index (χ3n) is 0.760. The maximum absolute atomic E-state index is 4.78. The largest absolute Gasteiger partial charge is 0.494 e. The van der Waals surface area contributed by atoms with E-state index in [1.165, 1.54) is 0 Å². The molecule has 0 aromatic carbocycles. The Morgan fingerprint density at radius 3 is 3.00 bits per heavy atom. The minimum Gasteiger partial charge on any atom is -0.494 e. The minimum absolute atomic E-state index is 0.642. The summed E-state index contributed by atoms with van der Waals surface area (Å²) < 4.78 is 4.78. The van der Waals surface area contributed by atoms with Gasteiger partial charge in [-0.2, -0.15) is 0 Å². The van der Waals surface area contributed by atoms with Gasteiger partial charge in [0.1, 0.15) is 11.9 Å². The summed E-state index contributed by atoms with van der Waals surface area (Å²) in [6, 6.07) is 3.42. The van der Waals surface area contributed by atoms with E-state index in [1.54, 1.807) is 19.2 Å². The molecule has 1 rings (SSSR count). The lowest BCUT2D eigenvalue weighted by Gasteiger charge is -1.91. The van der Waals surface area contributed by atoms with Gasteiger partial charge < -0.3 is 4.74 Å². The van der Waals surface area contributed by atoms with Crippen LogP contribution in [0.3, 0.4) is 0 Å². The fraction of sp³-hybridized carbons (Fsp3) is 0.167. The molecule has 0 aliphatic rings. The van der Waals surface area contributed by atoms with Gasteiger partial charge >= 0.3 is 0 Å². The molecule has 0 aliphatic carbocycles. The monoisotopic (exact) mass is 107 g/mol. The highest BCUT2D eigenvalue weighted by Gasteiger charge is 1.83. The predicted octanol–water partition coefficient (Wildman–Crippen LogP) is 0.691. The Kier molecular flexibility index (Phi) is 1.47. The van der Waals surface area contributed by atoms with E-state index in [4.69, 9.17) is 4.74 Å². The second-order valence-electron chi connectivity index (χ2n) is 1.25. The van der Waals surface area contributed by atoms with Crippen molar-refractivity contribution in [2.24, 2.45) is 0 Å². The van der Waals surface area contributed by atoms with Crippen LogP contribution in [0.1, 0.15) is 0 Å². The summed E-state index contributed by atoms with van der Waals surface area (Å²) in [5.74, 6) is 0.642. The number of hydrogen-bond acceptors (Lipinski definition) is 2. The zero-order valence-electron chi connectivity index (χ0n) is 4.51. The lowest BCUT2D eigenvalue weighted by molar-refractivity contribution is 0.412. The van der Waals surface area contributed by atoms with Crippen LogP contribution in [0.25, 0.3) is 0 Å². The van der Waals surface area contributed by atoms with E-state index in [9.17, 15) is 0 Å². The van der Waals surface area contributed by atoms with Gasteiger partial charge in [0, 0.05) is 0 Å². The Morgan fingerprint density at radius 1 is 1.75 bits per heavy atom. The van der Waals surface area contributed by atoms with E-state index in [2.05, 4.69) is 17.4 Å². The number of pyridine rings is 1. The van der Waals surface area contributed by atoms with Crippen LogP contribution in [0.2, 0.25) is 0 Å². The van der Waals surface area contributed by atoms with Crippen LogP contribution in [0, 0.1) is 12.4 Å². The van der Waals surface area contributed by atoms with Crippen LogP contribution in [-0.2, 0) is 0 Å². The second kappa shape index (κ2) is 2.31. The van der Waals surface area contributed by atoms with Crippen molar-refractivity contribution >= 4 is 0 Å². The Balaban J connectivity index is 2.83. The van der Waals surface area contributed by atoms with Gasteiger partial charge in [0.05, 0.1) is 13.3 Å². The fourth-order valence-corrected chi connectivity index (χ4v) is 0.389. The molecule has 8 heavy (non-hydrogen) atoms. The molecule has 0 spiro atoms. The molecule has 0 N–H and O–H groups in total. The van der Waals surface area contributed by atoms with Crippen molar-refractivity contribution in [3.05, 3.63) is 24.5 Å². The number of rotatable bonds is 1. The Hall–Kier alpha value is -1.05. The van der Waals surface area contributed by atoms with Gasteiger partial charge in [-0.25, -0.2) is 4.98 Å². The molecule has 2 heteroatoms. The molecule has 2 nitrogen and oxygen atoms in total. The van der Waals surface area contributed by atoms with Crippen molar-refractivity contribution in [3.8, 4) is 5.75 Å². The van der Waals surface area contributed by atoms with E-state index in [0.717, 1.165) is 0 Å². The Morgan fingerprint density at radius 2 is 2.62 bits per heavy atom. The van der Waals surface area contributed by atoms with Crippen LogP contribution in [0.4, 0.5) is 0 Å². The van der Waals surface area contributed by atoms with Gasteiger partial charge in [0.2, 0.25) is 0 Å². The molecule has 0 saturated heterocycles. The quantitative estimate of drug-likeness (QED) is 0.526. The summed E-state index contributed by atoms with van der Waals surface area (Å²) in [6.07, 6.45) is 5.17. The summed E-state index contributed by atoms with van der Waals surface area (Å²) in [5.41, 5.74) is 0. The van der Waals surface area contributed by atoms with Crippen molar-refractivity contribution in [2.75, 3.05) is 7.11 Å². The number of methoxy groups -OCH3 is 1. The lowest BCUT2D eigenvalue weighted by Crippen LogP contribution is -1.81. The lowest BCUT2D eigenvalue weighted by atomic mass is 10.5. The summed E-state index contributed by atoms with van der Waals surface area (Å²) in [5, 5.41) is 0. The molecule has 0 unspecified atom stereocenters. The van der Waals surface area contributed by atoms with Crippen molar-refractivity contribution in [1.29, 1.82) is 0 Å². The van der Waals surface area contributed by atoms with Crippen molar-refractivity contribution < 1.29 is 4.74 Å². The van der Waals surface area contributed by atoms with Crippen LogP contribution in [-0.4, -0.2) is 12.1 Å². The molecular formula is C6H5NO. The molecule has 40 valence electrons. The van der Waals surface area contributed by atoms with Crippen LogP contribution in [0.5, 0.6) is 5.75 Å². The van der Waals surface area contributed by atoms with Crippen LogP contribution in [0.15, 0.2) is 12.1 Å². The van der Waals surface area contributed by atoms with Crippen molar-refractivity contribution in [2.45, 2.75) is 0 Å². The summed E-state index contributed by atoms with van der Waals surface area (Å²) in [6.45, 7) is 0. The normalized spacial score (nSPS) is 8.62. The Bertz CT molecular complexity index is 150. The summed E-state index contributed by atoms with van der Waals surface area (Å²) >= 11 is 0. The molecule has 1 heterocycles. The zero-order valence-corrected chi connectivity index (χ0v) is 4.51. The minimum atomic E-state index is 0.642. The van der Waals surface area contributed by atoms with Crippen LogP contribution < -0.4 is 4.74 Å². The fourth-order valence-electron chi connectivity index (χ4n) is 0.389. The highest BCUT2D eigenvalue weighted by molar-refractivity contribution is 5.12. The zero-order chi connectivity index (χ0) is 5.82. The molecule has 1 aromatic rings. The van der Waals surface area contributed by atoms with Gasteiger partial charge in [-0.3, -0.25) is 0 Å². The predicted molar refractivity (Wildman–Crippen MR) is 28.5 cm³/mol. The maximum Gasteiger partial charge on any atom is 0.146 e. The Labute approximate surface area is 48.1 Å². The van der Waals surface area contributed by atoms with E-state index in [1.807, 2.05) is 0 Å². The molecule has 2 radical (unpaired) electrons. The van der Waals surface area contributed by atoms with Gasteiger partial charge in [-0.1, -0.05) is 0 Å². The number of hydrogen-bond donors (Lipinski definition) is 0. The first kappa shape index (κ1) is 5.09. The van der Waals surface area contributed by atoms with Crippen molar-refractivity contribution in [1.82, 2.24) is 4.98 Å². The molecule has 0 aliphatic heterocycles. The molecule has 0 atom stereocenters. The van der Waals surface area contributed by atoms with E-state index < -0.39 is 0 Å². The van der Waals surface area contributed by atoms with Crippen molar-refractivity contribution in [3.63, 3.8) is 0 Å². The molecule has 1 aromatic heterocycles. The summed E-state index contributed by atoms with van der Waals surface area (Å²) in [7, 11) is 1.58. The number of ether oxygens (including phenoxy) is 1. The maximum atomic E-state index is 4.78. The third kappa shape index (κ3) is 0.964. The first-order valence-corrected chi connectivity index (χ1v) is 2.22. The van der Waals surface area contributed by atoms with Gasteiger partial charge in [-0.15, -0.1) is 0 Å². The topological polar surface area (TPSA) is 22.1 Å². The van der Waals surface area contributed by atoms with Gasteiger partial charge in [0.25, 0.3) is 0 Å². The molecule has 0 fully saturated rings. The van der Waals surface area contributed by atoms with Gasteiger partial charge in [0.15, 0.2) is 0 Å². The highest BCUT2D eigenvalue weighted by atomic mass is 16.5. The summed E-state index contributed by atoms with van der Waals surface area (Å²) in [4.78, 5) is 3.58. The van der Waals surface area contributed by atoms with Gasteiger partial charge in [-0.05, 0) is 12.1 Å². The number of nitrogens with zero attached hydrogens (tertiary/aromatic N) is 1. The second-order valence-corrected chi connectivity index (χ2v) is 1.25. The first-order chi connectivity index (χ1) is 3.93. The SMILES string of the molecule is COc1[c]n[c]cc1. The molecule has 0 amide bonds. The standard InChI is InChI=1S/C6H5NO/c1-8-6-3-2-4-7-5-6/h2-3H,1H3. The molecular weight excluding hydrogens is 102 g/mol.